The minimum Gasteiger partial charge on any atom is -0.338 e. The topological polar surface area (TPSA) is 45.2 Å². The van der Waals surface area contributed by atoms with E-state index in [9.17, 15) is 4.79 Å². The summed E-state index contributed by atoms with van der Waals surface area (Å²) in [6.07, 6.45) is 5.28. The molecule has 4 nitrogen and oxygen atoms in total. The number of amides is 2. The molecule has 0 fully saturated rings. The van der Waals surface area contributed by atoms with E-state index >= 15 is 0 Å². The molecule has 2 aromatic rings. The Bertz CT molecular complexity index is 613. The maximum absolute atomic E-state index is 12.3. The first-order chi connectivity index (χ1) is 11.2. The Kier molecular flexibility index (Phi) is 6.60. The molecule has 122 valence electrons. The van der Waals surface area contributed by atoms with Crippen LogP contribution in [-0.4, -0.2) is 35.5 Å². The molecular formula is C19H25N3O. The Labute approximate surface area is 138 Å². The van der Waals surface area contributed by atoms with Crippen molar-refractivity contribution in [1.29, 1.82) is 0 Å². The number of rotatable bonds is 7. The average Bonchev–Trinajstić information content (AvgIpc) is 2.58. The van der Waals surface area contributed by atoms with E-state index < -0.39 is 0 Å². The first-order valence-electron chi connectivity index (χ1n) is 8.17. The van der Waals surface area contributed by atoms with Gasteiger partial charge in [0.05, 0.1) is 0 Å². The number of hydrogen-bond acceptors (Lipinski definition) is 2. The molecule has 1 N–H and O–H groups in total. The highest BCUT2D eigenvalue weighted by Gasteiger charge is 2.10. The van der Waals surface area contributed by atoms with Crippen molar-refractivity contribution in [1.82, 2.24) is 15.2 Å². The zero-order chi connectivity index (χ0) is 16.5. The fourth-order valence-electron chi connectivity index (χ4n) is 2.52. The van der Waals surface area contributed by atoms with Crippen molar-refractivity contribution in [3.05, 3.63) is 65.5 Å². The Morgan fingerprint density at radius 1 is 1.13 bits per heavy atom. The van der Waals surface area contributed by atoms with Crippen molar-refractivity contribution in [2.24, 2.45) is 0 Å². The number of aromatic nitrogens is 1. The third kappa shape index (κ3) is 5.40. The molecule has 1 heterocycles. The first-order valence-corrected chi connectivity index (χ1v) is 8.17. The monoisotopic (exact) mass is 311 g/mol. The zero-order valence-corrected chi connectivity index (χ0v) is 14.0. The lowest BCUT2D eigenvalue weighted by Gasteiger charge is -2.21. The van der Waals surface area contributed by atoms with Crippen molar-refractivity contribution < 1.29 is 4.79 Å². The molecule has 0 atom stereocenters. The standard InChI is InChI=1S/C19H25N3O/c1-3-22(15-11-17-8-12-20-13-9-17)19(23)21-14-10-18-7-5-4-6-16(18)2/h4-9,12-13H,3,10-11,14-15H2,1-2H3,(H,21,23). The van der Waals surface area contributed by atoms with Gasteiger partial charge in [-0.1, -0.05) is 24.3 Å². The predicted octanol–water partition coefficient (Wildman–Crippen LogP) is 3.21. The summed E-state index contributed by atoms with van der Waals surface area (Å²) in [5.41, 5.74) is 3.76. The first kappa shape index (κ1) is 17.0. The fraction of sp³-hybridized carbons (Fsp3) is 0.368. The summed E-state index contributed by atoms with van der Waals surface area (Å²) in [6.45, 7) is 6.20. The van der Waals surface area contributed by atoms with Gasteiger partial charge in [0.1, 0.15) is 0 Å². The second-order valence-electron chi connectivity index (χ2n) is 5.59. The van der Waals surface area contributed by atoms with Gasteiger partial charge in [-0.25, -0.2) is 4.79 Å². The molecule has 0 bridgehead atoms. The summed E-state index contributed by atoms with van der Waals surface area (Å²) in [5.74, 6) is 0. The molecule has 1 aromatic heterocycles. The molecule has 0 unspecified atom stereocenters. The van der Waals surface area contributed by atoms with Crippen LogP contribution >= 0.6 is 0 Å². The van der Waals surface area contributed by atoms with Crippen LogP contribution < -0.4 is 5.32 Å². The average molecular weight is 311 g/mol. The molecule has 0 saturated carbocycles. The second-order valence-corrected chi connectivity index (χ2v) is 5.59. The number of nitrogens with zero attached hydrogens (tertiary/aromatic N) is 2. The minimum atomic E-state index is 0.00939. The Hall–Kier alpha value is -2.36. The molecule has 0 aliphatic carbocycles. The number of aryl methyl sites for hydroxylation is 1. The van der Waals surface area contributed by atoms with E-state index in [1.165, 1.54) is 16.7 Å². The van der Waals surface area contributed by atoms with Crippen LogP contribution in [0.15, 0.2) is 48.8 Å². The van der Waals surface area contributed by atoms with E-state index in [0.717, 1.165) is 19.4 Å². The summed E-state index contributed by atoms with van der Waals surface area (Å²) >= 11 is 0. The minimum absolute atomic E-state index is 0.00939. The molecule has 0 saturated heterocycles. The van der Waals surface area contributed by atoms with Gasteiger partial charge >= 0.3 is 6.03 Å². The molecule has 0 spiro atoms. The van der Waals surface area contributed by atoms with Gasteiger partial charge in [0.2, 0.25) is 0 Å². The van der Waals surface area contributed by atoms with E-state index in [-0.39, 0.29) is 6.03 Å². The van der Waals surface area contributed by atoms with E-state index in [1.54, 1.807) is 12.4 Å². The molecule has 2 amide bonds. The highest BCUT2D eigenvalue weighted by atomic mass is 16.2. The van der Waals surface area contributed by atoms with Crippen molar-refractivity contribution in [2.75, 3.05) is 19.6 Å². The number of urea groups is 1. The predicted molar refractivity (Wildman–Crippen MR) is 93.5 cm³/mol. The zero-order valence-electron chi connectivity index (χ0n) is 14.0. The SMILES string of the molecule is CCN(CCc1ccncc1)C(=O)NCCc1ccccc1C. The van der Waals surface area contributed by atoms with Crippen LogP contribution in [0.5, 0.6) is 0 Å². The normalized spacial score (nSPS) is 10.3. The van der Waals surface area contributed by atoms with E-state index in [2.05, 4.69) is 29.4 Å². The van der Waals surface area contributed by atoms with Crippen LogP contribution in [0, 0.1) is 6.92 Å². The summed E-state index contributed by atoms with van der Waals surface area (Å²) < 4.78 is 0. The molecule has 4 heteroatoms. The molecular weight excluding hydrogens is 286 g/mol. The van der Waals surface area contributed by atoms with E-state index in [1.807, 2.05) is 36.1 Å². The summed E-state index contributed by atoms with van der Waals surface area (Å²) in [4.78, 5) is 18.1. The van der Waals surface area contributed by atoms with Crippen LogP contribution in [0.25, 0.3) is 0 Å². The van der Waals surface area contributed by atoms with Crippen molar-refractivity contribution in [3.63, 3.8) is 0 Å². The fourth-order valence-corrected chi connectivity index (χ4v) is 2.52. The molecule has 0 aliphatic heterocycles. The van der Waals surface area contributed by atoms with Gasteiger partial charge in [-0.05, 0) is 55.5 Å². The van der Waals surface area contributed by atoms with Gasteiger partial charge in [0.15, 0.2) is 0 Å². The maximum Gasteiger partial charge on any atom is 0.317 e. The number of benzene rings is 1. The van der Waals surface area contributed by atoms with Crippen LogP contribution in [-0.2, 0) is 12.8 Å². The van der Waals surface area contributed by atoms with Gasteiger partial charge in [0, 0.05) is 32.0 Å². The number of carbonyl (C=O) groups is 1. The summed E-state index contributed by atoms with van der Waals surface area (Å²) in [5, 5.41) is 3.02. The molecule has 23 heavy (non-hydrogen) atoms. The highest BCUT2D eigenvalue weighted by molar-refractivity contribution is 5.74. The Morgan fingerprint density at radius 2 is 1.87 bits per heavy atom. The Balaban J connectivity index is 1.77. The lowest BCUT2D eigenvalue weighted by atomic mass is 10.1. The largest absolute Gasteiger partial charge is 0.338 e. The maximum atomic E-state index is 12.3. The lowest BCUT2D eigenvalue weighted by molar-refractivity contribution is 0.201. The molecule has 2 rings (SSSR count). The van der Waals surface area contributed by atoms with E-state index in [0.29, 0.717) is 13.1 Å². The van der Waals surface area contributed by atoms with Crippen molar-refractivity contribution >= 4 is 6.03 Å². The van der Waals surface area contributed by atoms with Crippen molar-refractivity contribution in [2.45, 2.75) is 26.7 Å². The number of pyridine rings is 1. The summed E-state index contributed by atoms with van der Waals surface area (Å²) in [7, 11) is 0. The van der Waals surface area contributed by atoms with Gasteiger partial charge < -0.3 is 10.2 Å². The summed E-state index contributed by atoms with van der Waals surface area (Å²) in [6, 6.07) is 12.3. The molecule has 1 aromatic carbocycles. The quantitative estimate of drug-likeness (QED) is 0.853. The number of hydrogen-bond donors (Lipinski definition) is 1. The third-order valence-electron chi connectivity index (χ3n) is 4.02. The van der Waals surface area contributed by atoms with E-state index in [4.69, 9.17) is 0 Å². The molecule has 0 aliphatic rings. The number of nitrogens with one attached hydrogen (secondary N) is 1. The van der Waals surface area contributed by atoms with Crippen LogP contribution in [0.1, 0.15) is 23.6 Å². The smallest absolute Gasteiger partial charge is 0.317 e. The van der Waals surface area contributed by atoms with Crippen LogP contribution in [0.2, 0.25) is 0 Å². The second kappa shape index (κ2) is 8.93. The van der Waals surface area contributed by atoms with Crippen LogP contribution in [0.3, 0.4) is 0 Å². The number of likely N-dealkylation sites (N-methyl/N-ethyl adjacent to an activating group) is 1. The van der Waals surface area contributed by atoms with Crippen molar-refractivity contribution in [3.8, 4) is 0 Å². The lowest BCUT2D eigenvalue weighted by Crippen LogP contribution is -2.41. The van der Waals surface area contributed by atoms with Gasteiger partial charge in [-0.15, -0.1) is 0 Å². The highest BCUT2D eigenvalue weighted by Crippen LogP contribution is 2.07. The van der Waals surface area contributed by atoms with Gasteiger partial charge in [0.25, 0.3) is 0 Å². The van der Waals surface area contributed by atoms with Gasteiger partial charge in [-0.2, -0.15) is 0 Å². The molecule has 0 radical (unpaired) electrons. The van der Waals surface area contributed by atoms with Gasteiger partial charge in [-0.3, -0.25) is 4.98 Å². The van der Waals surface area contributed by atoms with Crippen LogP contribution in [0.4, 0.5) is 4.79 Å². The number of carbonyl (C=O) groups excluding carboxylic acids is 1. The third-order valence-corrected chi connectivity index (χ3v) is 4.02. The Morgan fingerprint density at radius 3 is 2.57 bits per heavy atom.